The predicted octanol–water partition coefficient (Wildman–Crippen LogP) is 0.516. The van der Waals surface area contributed by atoms with Crippen LogP contribution in [0.3, 0.4) is 0 Å². The highest BCUT2D eigenvalue weighted by Gasteiger charge is 2.94. The van der Waals surface area contributed by atoms with Gasteiger partial charge in [-0.3, -0.25) is 0 Å². The summed E-state index contributed by atoms with van der Waals surface area (Å²) in [6.45, 7) is 1.07. The van der Waals surface area contributed by atoms with Gasteiger partial charge in [-0.15, -0.1) is 0 Å². The van der Waals surface area contributed by atoms with Crippen LogP contribution in [0.5, 0.6) is 5.75 Å². The van der Waals surface area contributed by atoms with Crippen molar-refractivity contribution in [2.75, 3.05) is 20.3 Å². The minimum Gasteiger partial charge on any atom is -0.497 e. The number of methoxy groups -OCH3 is 1. The molecule has 6 bridgehead atoms. The third-order valence-corrected chi connectivity index (χ3v) is 10.1. The molecule has 44 heavy (non-hydrogen) atoms. The van der Waals surface area contributed by atoms with Crippen LogP contribution in [0.25, 0.3) is 0 Å². The van der Waals surface area contributed by atoms with Crippen molar-refractivity contribution in [1.82, 2.24) is 0 Å². The van der Waals surface area contributed by atoms with E-state index >= 15 is 0 Å². The normalized spacial score (nSPS) is 42.9. The lowest BCUT2D eigenvalue weighted by Crippen LogP contribution is -2.80. The molecule has 3 saturated carbocycles. The van der Waals surface area contributed by atoms with Crippen LogP contribution in [0, 0.1) is 11.3 Å². The minimum absolute atomic E-state index is 0.0431. The minimum atomic E-state index is -1.70. The number of rotatable bonds is 9. The second-order valence-electron chi connectivity index (χ2n) is 12.3. The highest BCUT2D eigenvalue weighted by atomic mass is 16.8. The Kier molecular flexibility index (Phi) is 6.85. The van der Waals surface area contributed by atoms with Gasteiger partial charge in [-0.2, -0.15) is 0 Å². The van der Waals surface area contributed by atoms with E-state index in [4.69, 9.17) is 33.2 Å². The van der Waals surface area contributed by atoms with Crippen molar-refractivity contribution in [3.05, 3.63) is 65.7 Å². The molecule has 2 aromatic carbocycles. The van der Waals surface area contributed by atoms with Gasteiger partial charge in [-0.1, -0.05) is 18.2 Å². The molecule has 4 aliphatic heterocycles. The molecular weight excluding hydrogens is 580 g/mol. The van der Waals surface area contributed by atoms with Crippen LogP contribution in [-0.4, -0.2) is 107 Å². The maximum Gasteiger partial charge on any atom is 0.338 e. The summed E-state index contributed by atoms with van der Waals surface area (Å²) in [7, 11) is 1.52. The lowest BCUT2D eigenvalue weighted by molar-refractivity contribution is -0.424. The van der Waals surface area contributed by atoms with E-state index in [1.165, 1.54) is 7.11 Å². The number of carbonyl (C=O) groups is 2. The zero-order valence-corrected chi connectivity index (χ0v) is 24.0. The maximum absolute atomic E-state index is 13.0. The van der Waals surface area contributed by atoms with E-state index in [0.29, 0.717) is 5.75 Å². The maximum atomic E-state index is 13.0. The zero-order chi connectivity index (χ0) is 31.1. The van der Waals surface area contributed by atoms with Gasteiger partial charge in [0.2, 0.25) is 0 Å². The molecule has 11 atom stereocenters. The molecule has 1 unspecified atom stereocenters. The Bertz CT molecular complexity index is 1440. The number of ether oxygens (including phenoxy) is 7. The first kappa shape index (κ1) is 29.6. The summed E-state index contributed by atoms with van der Waals surface area (Å²) in [5.74, 6) is -2.77. The third-order valence-electron chi connectivity index (χ3n) is 10.1. The number of aliphatic hydroxyl groups excluding tert-OH is 3. The fraction of sp³-hybridized carbons (Fsp3) is 0.548. The van der Waals surface area contributed by atoms with Crippen LogP contribution in [0.15, 0.2) is 54.6 Å². The van der Waals surface area contributed by atoms with Crippen molar-refractivity contribution in [3.63, 3.8) is 0 Å². The van der Waals surface area contributed by atoms with E-state index in [2.05, 4.69) is 0 Å². The van der Waals surface area contributed by atoms with Gasteiger partial charge in [-0.25, -0.2) is 9.59 Å². The smallest absolute Gasteiger partial charge is 0.338 e. The lowest BCUT2D eigenvalue weighted by atomic mass is 9.41. The van der Waals surface area contributed by atoms with Gasteiger partial charge in [0.1, 0.15) is 54.6 Å². The SMILES string of the molecule is COc1ccc(C(=O)OC[C@]23C4O[C@]5(O)C[C@](C)(O4)[C@]2(O[C@@H]2O[C@H](COC(=O)c4ccccc4)[C@@H](O)[C@H](O)[C@H]2O)C[C@H]53)cc1. The topological polar surface area (TPSA) is 180 Å². The first-order valence-electron chi connectivity index (χ1n) is 14.5. The van der Waals surface area contributed by atoms with Crippen molar-refractivity contribution in [1.29, 1.82) is 0 Å². The standard InChI is InChI=1S/C31H34O13/c1-28-14-30(37)20-12-31(28,29(20,27(43-28)44-30)15-40-25(36)17-8-10-18(38-2)11-9-17)42-26-23(34)22(33)21(32)19(41-26)13-39-24(35)16-6-4-3-5-7-16/h3-11,19-23,26-27,32-34,37H,12-15H2,1-2H3/t19-,20+,21-,22+,23-,26+,27?,28+,29+,30-,31-/m1/s1. The summed E-state index contributed by atoms with van der Waals surface area (Å²) < 4.78 is 40.9. The molecule has 4 N–H and O–H groups in total. The van der Waals surface area contributed by atoms with Crippen molar-refractivity contribution >= 4 is 11.9 Å². The molecule has 13 heteroatoms. The van der Waals surface area contributed by atoms with Gasteiger partial charge in [0.15, 0.2) is 18.4 Å². The molecular formula is C31H34O13. The van der Waals surface area contributed by atoms with Gasteiger partial charge in [0.25, 0.3) is 0 Å². The summed E-state index contributed by atoms with van der Waals surface area (Å²) in [4.78, 5) is 25.5. The largest absolute Gasteiger partial charge is 0.497 e. The quantitative estimate of drug-likeness (QED) is 0.288. The number of hydrogen-bond acceptors (Lipinski definition) is 13. The zero-order valence-electron chi connectivity index (χ0n) is 24.0. The number of esters is 2. The lowest BCUT2D eigenvalue weighted by Gasteiger charge is -2.67. The molecule has 0 amide bonds. The predicted molar refractivity (Wildman–Crippen MR) is 145 cm³/mol. The van der Waals surface area contributed by atoms with E-state index in [-0.39, 0.29) is 30.6 Å². The van der Waals surface area contributed by atoms with Crippen molar-refractivity contribution < 1.29 is 63.2 Å². The summed E-state index contributed by atoms with van der Waals surface area (Å²) in [5, 5.41) is 43.7. The highest BCUT2D eigenvalue weighted by Crippen LogP contribution is 2.81. The average molecular weight is 615 g/mol. The monoisotopic (exact) mass is 614 g/mol. The van der Waals surface area contributed by atoms with Crippen LogP contribution in [-0.2, 0) is 28.4 Å². The molecule has 7 aliphatic rings. The Balaban J connectivity index is 1.12. The molecule has 0 spiro atoms. The number of aliphatic hydroxyl groups is 4. The Labute approximate surface area is 252 Å². The van der Waals surface area contributed by atoms with Crippen LogP contribution < -0.4 is 4.74 Å². The van der Waals surface area contributed by atoms with E-state index in [1.54, 1.807) is 61.5 Å². The molecule has 3 aliphatic carbocycles. The first-order valence-corrected chi connectivity index (χ1v) is 14.5. The second kappa shape index (κ2) is 10.2. The Hall–Kier alpha value is -3.14. The van der Waals surface area contributed by atoms with Crippen molar-refractivity contribution in [2.24, 2.45) is 11.3 Å². The third kappa shape index (κ3) is 4.01. The Morgan fingerprint density at radius 1 is 0.909 bits per heavy atom. The molecule has 236 valence electrons. The van der Waals surface area contributed by atoms with Crippen LogP contribution in [0.2, 0.25) is 0 Å². The molecule has 4 saturated heterocycles. The van der Waals surface area contributed by atoms with E-state index in [1.807, 2.05) is 0 Å². The van der Waals surface area contributed by atoms with Gasteiger partial charge < -0.3 is 53.6 Å². The Morgan fingerprint density at radius 3 is 2.30 bits per heavy atom. The Morgan fingerprint density at radius 2 is 1.59 bits per heavy atom. The fourth-order valence-electron chi connectivity index (χ4n) is 7.83. The first-order chi connectivity index (χ1) is 21.0. The van der Waals surface area contributed by atoms with Crippen LogP contribution in [0.1, 0.15) is 40.5 Å². The molecule has 0 radical (unpaired) electrons. The van der Waals surface area contributed by atoms with Gasteiger partial charge in [-0.05, 0) is 49.7 Å². The fourth-order valence-corrected chi connectivity index (χ4v) is 7.83. The van der Waals surface area contributed by atoms with E-state index < -0.39 is 83.9 Å². The number of carbonyl (C=O) groups excluding carboxylic acids is 2. The van der Waals surface area contributed by atoms with Crippen LogP contribution in [0.4, 0.5) is 0 Å². The van der Waals surface area contributed by atoms with Crippen LogP contribution >= 0.6 is 0 Å². The molecule has 7 fully saturated rings. The second-order valence-corrected chi connectivity index (χ2v) is 12.3. The van der Waals surface area contributed by atoms with Crippen molar-refractivity contribution in [2.45, 2.75) is 73.8 Å². The highest BCUT2D eigenvalue weighted by molar-refractivity contribution is 5.90. The molecule has 4 heterocycles. The number of benzene rings is 2. The summed E-state index contributed by atoms with van der Waals surface area (Å²) in [6.07, 6.45) is -8.46. The molecule has 13 nitrogen and oxygen atoms in total. The van der Waals surface area contributed by atoms with Gasteiger partial charge in [0.05, 0.1) is 23.7 Å². The van der Waals surface area contributed by atoms with Gasteiger partial charge in [0, 0.05) is 12.3 Å². The summed E-state index contributed by atoms with van der Waals surface area (Å²) >= 11 is 0. The van der Waals surface area contributed by atoms with Gasteiger partial charge >= 0.3 is 11.9 Å². The summed E-state index contributed by atoms with van der Waals surface area (Å²) in [6, 6.07) is 14.6. The van der Waals surface area contributed by atoms with E-state index in [0.717, 1.165) is 0 Å². The van der Waals surface area contributed by atoms with E-state index in [9.17, 15) is 30.0 Å². The molecule has 0 aromatic heterocycles. The molecule has 2 aromatic rings. The average Bonchev–Trinajstić information content (AvgIpc) is 3.21. The van der Waals surface area contributed by atoms with Crippen molar-refractivity contribution in [3.8, 4) is 5.75 Å². The summed E-state index contributed by atoms with van der Waals surface area (Å²) in [5.41, 5.74) is -3.03. The molecule has 9 rings (SSSR count). The number of hydrogen-bond donors (Lipinski definition) is 4.